The van der Waals surface area contributed by atoms with E-state index in [1.165, 1.54) is 38.5 Å². The first-order valence-electron chi connectivity index (χ1n) is 6.70. The Bertz CT molecular complexity index is 232. The Kier molecular flexibility index (Phi) is 2.65. The van der Waals surface area contributed by atoms with E-state index in [1.54, 1.807) is 0 Å². The smallest absolute Gasteiger partial charge is 0.0754 e. The molecule has 0 amide bonds. The van der Waals surface area contributed by atoms with E-state index < -0.39 is 0 Å². The second kappa shape index (κ2) is 3.48. The zero-order valence-corrected chi connectivity index (χ0v) is 10.6. The first-order chi connectivity index (χ1) is 6.97. The fraction of sp³-hybridized carbons (Fsp3) is 1.00. The third-order valence-corrected chi connectivity index (χ3v) is 5.75. The van der Waals surface area contributed by atoms with Crippen LogP contribution in [0.5, 0.6) is 0 Å². The van der Waals surface area contributed by atoms with Gasteiger partial charge in [0.25, 0.3) is 0 Å². The molecule has 0 aromatic carbocycles. The molecule has 1 heteroatoms. The minimum absolute atomic E-state index is 0.167. The van der Waals surface area contributed by atoms with E-state index in [0.29, 0.717) is 0 Å². The Balaban J connectivity index is 2.37. The molecule has 0 heterocycles. The van der Waals surface area contributed by atoms with Gasteiger partial charge in [-0.05, 0) is 42.9 Å². The van der Waals surface area contributed by atoms with Crippen molar-refractivity contribution in [3.63, 3.8) is 0 Å². The van der Waals surface area contributed by atoms with Crippen LogP contribution in [0.2, 0.25) is 0 Å². The summed E-state index contributed by atoms with van der Waals surface area (Å²) in [5, 5.41) is 11.2. The van der Waals surface area contributed by atoms with Crippen LogP contribution in [0.25, 0.3) is 0 Å². The largest absolute Gasteiger partial charge is 0.389 e. The predicted octanol–water partition coefficient (Wildman–Crippen LogP) is 3.90. The van der Waals surface area contributed by atoms with Crippen molar-refractivity contribution in [1.82, 2.24) is 0 Å². The number of rotatable bonds is 1. The van der Waals surface area contributed by atoms with Crippen LogP contribution in [-0.4, -0.2) is 10.7 Å². The molecule has 0 aliphatic heterocycles. The van der Waals surface area contributed by atoms with Gasteiger partial charge in [0.15, 0.2) is 0 Å². The van der Waals surface area contributed by atoms with Crippen molar-refractivity contribution in [3.05, 3.63) is 0 Å². The van der Waals surface area contributed by atoms with Crippen LogP contribution in [0.4, 0.5) is 0 Å². The number of hydrogen-bond donors (Lipinski definition) is 1. The molecule has 15 heavy (non-hydrogen) atoms. The first-order valence-corrected chi connectivity index (χ1v) is 6.70. The highest BCUT2D eigenvalue weighted by Crippen LogP contribution is 2.61. The molecule has 0 saturated heterocycles. The van der Waals surface area contributed by atoms with Crippen LogP contribution < -0.4 is 0 Å². The van der Waals surface area contributed by atoms with Crippen molar-refractivity contribution in [3.8, 4) is 0 Å². The second-order valence-electron chi connectivity index (χ2n) is 6.40. The third kappa shape index (κ3) is 1.39. The van der Waals surface area contributed by atoms with Gasteiger partial charge in [-0.3, -0.25) is 0 Å². The third-order valence-electron chi connectivity index (χ3n) is 5.75. The van der Waals surface area contributed by atoms with E-state index >= 15 is 0 Å². The molecule has 0 bridgehead atoms. The van der Waals surface area contributed by atoms with Gasteiger partial charge in [-0.15, -0.1) is 0 Å². The summed E-state index contributed by atoms with van der Waals surface area (Å²) in [4.78, 5) is 0. The molecular formula is C14H26O. The fourth-order valence-corrected chi connectivity index (χ4v) is 4.31. The lowest BCUT2D eigenvalue weighted by molar-refractivity contribution is -0.211. The molecule has 1 N–H and O–H groups in total. The Morgan fingerprint density at radius 2 is 1.53 bits per heavy atom. The summed E-state index contributed by atoms with van der Waals surface area (Å²) in [6.45, 7) is 6.90. The average Bonchev–Trinajstić information content (AvgIpc) is 2.21. The summed E-state index contributed by atoms with van der Waals surface area (Å²) in [6, 6.07) is 0. The van der Waals surface area contributed by atoms with Gasteiger partial charge < -0.3 is 5.11 Å². The van der Waals surface area contributed by atoms with E-state index in [0.717, 1.165) is 12.8 Å². The maximum Gasteiger partial charge on any atom is 0.0754 e. The SMILES string of the molecule is CCC1(C)CCCC2(C)CCCCC12O. The van der Waals surface area contributed by atoms with Crippen LogP contribution in [0.15, 0.2) is 0 Å². The van der Waals surface area contributed by atoms with E-state index in [-0.39, 0.29) is 16.4 Å². The maximum atomic E-state index is 11.2. The number of aliphatic hydroxyl groups is 1. The highest BCUT2D eigenvalue weighted by atomic mass is 16.3. The van der Waals surface area contributed by atoms with Crippen LogP contribution in [-0.2, 0) is 0 Å². The zero-order valence-electron chi connectivity index (χ0n) is 10.6. The molecule has 3 unspecified atom stereocenters. The molecule has 0 spiro atoms. The molecule has 1 nitrogen and oxygen atoms in total. The standard InChI is InChI=1S/C14H26O/c1-4-12(2)9-7-10-13(3)8-5-6-11-14(12,13)15/h15H,4-11H2,1-3H3. The quantitative estimate of drug-likeness (QED) is 0.696. The fourth-order valence-electron chi connectivity index (χ4n) is 4.31. The Labute approximate surface area is 94.3 Å². The molecule has 2 rings (SSSR count). The summed E-state index contributed by atoms with van der Waals surface area (Å²) in [5.41, 5.74) is -0.0140. The lowest BCUT2D eigenvalue weighted by Crippen LogP contribution is -2.61. The van der Waals surface area contributed by atoms with E-state index in [1.807, 2.05) is 0 Å². The van der Waals surface area contributed by atoms with Crippen molar-refractivity contribution >= 4 is 0 Å². The molecular weight excluding hydrogens is 184 g/mol. The molecule has 2 fully saturated rings. The summed E-state index contributed by atoms with van der Waals surface area (Å²) < 4.78 is 0. The van der Waals surface area contributed by atoms with Gasteiger partial charge in [-0.25, -0.2) is 0 Å². The van der Waals surface area contributed by atoms with Gasteiger partial charge in [-0.2, -0.15) is 0 Å². The van der Waals surface area contributed by atoms with Crippen molar-refractivity contribution in [2.24, 2.45) is 10.8 Å². The van der Waals surface area contributed by atoms with Gasteiger partial charge >= 0.3 is 0 Å². The van der Waals surface area contributed by atoms with Crippen molar-refractivity contribution < 1.29 is 5.11 Å². The van der Waals surface area contributed by atoms with Crippen molar-refractivity contribution in [1.29, 1.82) is 0 Å². The second-order valence-corrected chi connectivity index (χ2v) is 6.40. The van der Waals surface area contributed by atoms with Crippen LogP contribution >= 0.6 is 0 Å². The number of hydrogen-bond acceptors (Lipinski definition) is 1. The van der Waals surface area contributed by atoms with Crippen LogP contribution in [0.3, 0.4) is 0 Å². The monoisotopic (exact) mass is 210 g/mol. The van der Waals surface area contributed by atoms with E-state index in [4.69, 9.17) is 0 Å². The minimum Gasteiger partial charge on any atom is -0.389 e. The molecule has 2 aliphatic carbocycles. The summed E-state index contributed by atoms with van der Waals surface area (Å²) >= 11 is 0. The Morgan fingerprint density at radius 3 is 2.20 bits per heavy atom. The van der Waals surface area contributed by atoms with Crippen LogP contribution in [0.1, 0.15) is 72.1 Å². The summed E-state index contributed by atoms with van der Waals surface area (Å²) in [7, 11) is 0. The van der Waals surface area contributed by atoms with Gasteiger partial charge in [0.2, 0.25) is 0 Å². The van der Waals surface area contributed by atoms with Gasteiger partial charge in [-0.1, -0.05) is 40.0 Å². The molecule has 0 radical (unpaired) electrons. The van der Waals surface area contributed by atoms with Crippen LogP contribution in [0, 0.1) is 10.8 Å². The molecule has 2 saturated carbocycles. The van der Waals surface area contributed by atoms with E-state index in [2.05, 4.69) is 20.8 Å². The molecule has 88 valence electrons. The predicted molar refractivity (Wildman–Crippen MR) is 63.8 cm³/mol. The van der Waals surface area contributed by atoms with Crippen molar-refractivity contribution in [2.75, 3.05) is 0 Å². The molecule has 0 aromatic heterocycles. The molecule has 3 atom stereocenters. The van der Waals surface area contributed by atoms with Crippen molar-refractivity contribution in [2.45, 2.75) is 77.7 Å². The highest BCUT2D eigenvalue weighted by molar-refractivity contribution is 5.10. The lowest BCUT2D eigenvalue weighted by atomic mass is 9.47. The zero-order chi connectivity index (χ0) is 11.2. The van der Waals surface area contributed by atoms with Gasteiger partial charge in [0, 0.05) is 0 Å². The topological polar surface area (TPSA) is 20.2 Å². The summed E-state index contributed by atoms with van der Waals surface area (Å²) in [6.07, 6.45) is 9.70. The average molecular weight is 210 g/mol. The normalized spacial score (nSPS) is 51.2. The summed E-state index contributed by atoms with van der Waals surface area (Å²) in [5.74, 6) is 0. The number of fused-ring (bicyclic) bond motifs is 1. The first kappa shape index (κ1) is 11.4. The highest BCUT2D eigenvalue weighted by Gasteiger charge is 2.59. The Morgan fingerprint density at radius 1 is 0.933 bits per heavy atom. The Hall–Kier alpha value is -0.0400. The molecule has 2 aliphatic rings. The van der Waals surface area contributed by atoms with Gasteiger partial charge in [0.1, 0.15) is 0 Å². The lowest BCUT2D eigenvalue weighted by Gasteiger charge is -2.61. The maximum absolute atomic E-state index is 11.2. The van der Waals surface area contributed by atoms with Gasteiger partial charge in [0.05, 0.1) is 5.60 Å². The minimum atomic E-state index is -0.384. The van der Waals surface area contributed by atoms with E-state index in [9.17, 15) is 5.11 Å². The molecule has 0 aromatic rings.